The van der Waals surface area contributed by atoms with Crippen molar-refractivity contribution in [3.05, 3.63) is 88.5 Å². The first kappa shape index (κ1) is 24.6. The summed E-state index contributed by atoms with van der Waals surface area (Å²) in [5.41, 5.74) is 11.6. The van der Waals surface area contributed by atoms with Gasteiger partial charge in [0.25, 0.3) is 5.91 Å². The number of rotatable bonds is 7. The van der Waals surface area contributed by atoms with Gasteiger partial charge in [0.1, 0.15) is 10.1 Å². The number of thioether (sulfide) groups is 1. The van der Waals surface area contributed by atoms with Crippen LogP contribution >= 0.6 is 24.0 Å². The summed E-state index contributed by atoms with van der Waals surface area (Å²) in [6.07, 6.45) is 4.25. The molecule has 3 aromatic carbocycles. The highest BCUT2D eigenvalue weighted by Crippen LogP contribution is 2.37. The SMILES string of the molecule is COc1ccc(C=C2SC(=S)N(CCc3ccc(C(=O)O)cc3)C2=O)cc1-c1cc(N)c2cc[nH]c2c1. The molecular formula is C28H23N3O4S2. The zero-order valence-corrected chi connectivity index (χ0v) is 21.5. The van der Waals surface area contributed by atoms with Crippen LogP contribution in [0.25, 0.3) is 28.1 Å². The van der Waals surface area contributed by atoms with Crippen LogP contribution in [0.15, 0.2) is 71.8 Å². The van der Waals surface area contributed by atoms with Crippen molar-refractivity contribution in [1.82, 2.24) is 9.88 Å². The minimum Gasteiger partial charge on any atom is -0.496 e. The Hall–Kier alpha value is -4.08. The number of benzene rings is 3. The highest BCUT2D eigenvalue weighted by molar-refractivity contribution is 8.26. The second kappa shape index (κ2) is 10.1. The smallest absolute Gasteiger partial charge is 0.335 e. The summed E-state index contributed by atoms with van der Waals surface area (Å²) in [5.74, 6) is -0.417. The number of H-pyrrole nitrogens is 1. The number of aromatic nitrogens is 1. The van der Waals surface area contributed by atoms with Crippen LogP contribution in [-0.4, -0.2) is 44.8 Å². The molecule has 0 radical (unpaired) electrons. The molecular weight excluding hydrogens is 506 g/mol. The number of fused-ring (bicyclic) bond motifs is 1. The van der Waals surface area contributed by atoms with Crippen LogP contribution in [-0.2, 0) is 11.2 Å². The highest BCUT2D eigenvalue weighted by Gasteiger charge is 2.31. The molecule has 37 heavy (non-hydrogen) atoms. The standard InChI is InChI=1S/C28H23N3O4S2/c1-35-24-7-4-17(12-21(24)19-14-22(29)20-8-10-30-23(20)15-19)13-25-26(32)31(28(36)37-25)11-9-16-2-5-18(6-3-16)27(33)34/h2-8,10,12-15,30H,9,11,29H2,1H3,(H,33,34). The molecule has 0 bridgehead atoms. The summed E-state index contributed by atoms with van der Waals surface area (Å²) in [7, 11) is 1.62. The number of carbonyl (C=O) groups excluding carboxylic acids is 1. The van der Waals surface area contributed by atoms with Crippen molar-refractivity contribution in [2.75, 3.05) is 19.4 Å². The summed E-state index contributed by atoms with van der Waals surface area (Å²) in [4.78, 5) is 29.5. The largest absolute Gasteiger partial charge is 0.496 e. The third-order valence-electron chi connectivity index (χ3n) is 6.23. The molecule has 1 fully saturated rings. The fraction of sp³-hybridized carbons (Fsp3) is 0.107. The molecule has 0 saturated carbocycles. The number of nitrogens with two attached hydrogens (primary N) is 1. The Balaban J connectivity index is 1.38. The molecule has 186 valence electrons. The number of carboxylic acids is 1. The van der Waals surface area contributed by atoms with Crippen LogP contribution in [0.4, 0.5) is 5.69 Å². The maximum absolute atomic E-state index is 13.2. The topological polar surface area (TPSA) is 109 Å². The predicted molar refractivity (Wildman–Crippen MR) is 152 cm³/mol. The number of nitrogen functional groups attached to an aromatic ring is 1. The molecule has 4 aromatic rings. The second-order valence-electron chi connectivity index (χ2n) is 8.55. The van der Waals surface area contributed by atoms with Gasteiger partial charge in [0, 0.05) is 34.9 Å². The van der Waals surface area contributed by atoms with E-state index in [9.17, 15) is 9.59 Å². The van der Waals surface area contributed by atoms with E-state index in [2.05, 4.69) is 4.98 Å². The predicted octanol–water partition coefficient (Wildman–Crippen LogP) is 5.57. The third-order valence-corrected chi connectivity index (χ3v) is 7.61. The van der Waals surface area contributed by atoms with Gasteiger partial charge in [-0.05, 0) is 71.7 Å². The van der Waals surface area contributed by atoms with Crippen molar-refractivity contribution < 1.29 is 19.4 Å². The number of methoxy groups -OCH3 is 1. The maximum Gasteiger partial charge on any atom is 0.335 e. The lowest BCUT2D eigenvalue weighted by Gasteiger charge is -2.14. The summed E-state index contributed by atoms with van der Waals surface area (Å²) >= 11 is 6.76. The molecule has 1 aromatic heterocycles. The Morgan fingerprint density at radius 2 is 1.95 bits per heavy atom. The van der Waals surface area contributed by atoms with Crippen LogP contribution in [0.1, 0.15) is 21.5 Å². The number of nitrogens with one attached hydrogen (secondary N) is 1. The van der Waals surface area contributed by atoms with Crippen LogP contribution in [0.3, 0.4) is 0 Å². The number of amides is 1. The minimum absolute atomic E-state index is 0.147. The van der Waals surface area contributed by atoms with E-state index >= 15 is 0 Å². The third kappa shape index (κ3) is 4.96. The molecule has 1 amide bonds. The van der Waals surface area contributed by atoms with E-state index in [1.807, 2.05) is 48.7 Å². The molecule has 9 heteroatoms. The lowest BCUT2D eigenvalue weighted by molar-refractivity contribution is -0.122. The number of thiocarbonyl (C=S) groups is 1. The Labute approximate surface area is 222 Å². The summed E-state index contributed by atoms with van der Waals surface area (Å²) < 4.78 is 6.10. The Morgan fingerprint density at radius 1 is 1.16 bits per heavy atom. The number of nitrogens with zero attached hydrogens (tertiary/aromatic N) is 1. The quantitative estimate of drug-likeness (QED) is 0.163. The Bertz CT molecular complexity index is 1570. The zero-order chi connectivity index (χ0) is 26.1. The van der Waals surface area contributed by atoms with Gasteiger partial charge in [-0.2, -0.15) is 0 Å². The van der Waals surface area contributed by atoms with Gasteiger partial charge in [-0.1, -0.05) is 42.2 Å². The number of aromatic amines is 1. The van der Waals surface area contributed by atoms with E-state index in [4.69, 9.17) is 27.8 Å². The van der Waals surface area contributed by atoms with Crippen molar-refractivity contribution in [2.45, 2.75) is 6.42 Å². The van der Waals surface area contributed by atoms with Crippen LogP contribution < -0.4 is 10.5 Å². The molecule has 0 atom stereocenters. The van der Waals surface area contributed by atoms with Crippen LogP contribution in [0, 0.1) is 0 Å². The number of anilines is 1. The number of carbonyl (C=O) groups is 2. The maximum atomic E-state index is 13.2. The van der Waals surface area contributed by atoms with Gasteiger partial charge in [-0.25, -0.2) is 4.79 Å². The fourth-order valence-corrected chi connectivity index (χ4v) is 5.60. The van der Waals surface area contributed by atoms with E-state index in [0.717, 1.165) is 33.2 Å². The normalized spacial score (nSPS) is 14.6. The van der Waals surface area contributed by atoms with Crippen molar-refractivity contribution in [3.8, 4) is 16.9 Å². The average molecular weight is 530 g/mol. The molecule has 0 spiro atoms. The van der Waals surface area contributed by atoms with Gasteiger partial charge in [0.2, 0.25) is 0 Å². The molecule has 0 aliphatic carbocycles. The van der Waals surface area contributed by atoms with Gasteiger partial charge in [-0.3, -0.25) is 9.69 Å². The first-order valence-corrected chi connectivity index (χ1v) is 12.7. The molecule has 1 aliphatic rings. The van der Waals surface area contributed by atoms with Gasteiger partial charge in [0.15, 0.2) is 0 Å². The monoisotopic (exact) mass is 529 g/mol. The lowest BCUT2D eigenvalue weighted by atomic mass is 9.99. The van der Waals surface area contributed by atoms with E-state index < -0.39 is 5.97 Å². The Morgan fingerprint density at radius 3 is 2.68 bits per heavy atom. The second-order valence-corrected chi connectivity index (χ2v) is 10.2. The van der Waals surface area contributed by atoms with E-state index in [1.54, 1.807) is 36.3 Å². The van der Waals surface area contributed by atoms with Gasteiger partial charge >= 0.3 is 5.97 Å². The number of ether oxygens (including phenoxy) is 1. The molecule has 2 heterocycles. The molecule has 7 nitrogen and oxygen atoms in total. The molecule has 1 aliphatic heterocycles. The summed E-state index contributed by atoms with van der Waals surface area (Å²) in [6.45, 7) is 0.414. The average Bonchev–Trinajstić information content (AvgIpc) is 3.47. The van der Waals surface area contributed by atoms with Crippen molar-refractivity contribution >= 4 is 62.8 Å². The number of carboxylic acid groups (broad SMARTS) is 1. The van der Waals surface area contributed by atoms with E-state index in [1.165, 1.54) is 11.8 Å². The van der Waals surface area contributed by atoms with Crippen molar-refractivity contribution in [2.24, 2.45) is 0 Å². The lowest BCUT2D eigenvalue weighted by Crippen LogP contribution is -2.30. The molecule has 4 N–H and O–H groups in total. The van der Waals surface area contributed by atoms with Crippen LogP contribution in [0.2, 0.25) is 0 Å². The number of aromatic carboxylic acids is 1. The van der Waals surface area contributed by atoms with Crippen molar-refractivity contribution in [1.29, 1.82) is 0 Å². The molecule has 0 unspecified atom stereocenters. The summed E-state index contributed by atoms with van der Waals surface area (Å²) in [5, 5.41) is 10.0. The highest BCUT2D eigenvalue weighted by atomic mass is 32.2. The first-order chi connectivity index (χ1) is 17.8. The summed E-state index contributed by atoms with van der Waals surface area (Å²) in [6, 6.07) is 18.3. The Kier molecular flexibility index (Phi) is 6.73. The molecule has 5 rings (SSSR count). The zero-order valence-electron chi connectivity index (χ0n) is 19.9. The van der Waals surface area contributed by atoms with Crippen molar-refractivity contribution in [3.63, 3.8) is 0 Å². The fourth-order valence-electron chi connectivity index (χ4n) is 4.29. The van der Waals surface area contributed by atoms with Gasteiger partial charge < -0.3 is 20.6 Å². The van der Waals surface area contributed by atoms with Gasteiger partial charge in [-0.15, -0.1) is 0 Å². The first-order valence-electron chi connectivity index (χ1n) is 11.5. The number of hydrogen-bond acceptors (Lipinski definition) is 6. The van der Waals surface area contributed by atoms with E-state index in [-0.39, 0.29) is 11.5 Å². The number of hydrogen-bond donors (Lipinski definition) is 3. The van der Waals surface area contributed by atoms with E-state index in [0.29, 0.717) is 33.6 Å². The minimum atomic E-state index is -0.969. The van der Waals surface area contributed by atoms with Gasteiger partial charge in [0.05, 0.1) is 17.6 Å². The van der Waals surface area contributed by atoms with Crippen LogP contribution in [0.5, 0.6) is 5.75 Å². The molecule has 1 saturated heterocycles.